The lowest BCUT2D eigenvalue weighted by Crippen LogP contribution is -2.44. The summed E-state index contributed by atoms with van der Waals surface area (Å²) in [5, 5.41) is 6.59. The van der Waals surface area contributed by atoms with Crippen LogP contribution in [-0.4, -0.2) is 19.1 Å². The Morgan fingerprint density at radius 2 is 1.31 bits per heavy atom. The first kappa shape index (κ1) is 20.6. The SMILES string of the molecule is COc1ccccc1[C@@H](C)N[C@H](C)C(=O)NC(c1ccccc1)c1ccccc1. The maximum Gasteiger partial charge on any atom is 0.237 e. The van der Waals surface area contributed by atoms with E-state index < -0.39 is 0 Å². The van der Waals surface area contributed by atoms with Gasteiger partial charge in [0.25, 0.3) is 0 Å². The quantitative estimate of drug-likeness (QED) is 0.591. The van der Waals surface area contributed by atoms with Crippen molar-refractivity contribution in [3.05, 3.63) is 102 Å². The van der Waals surface area contributed by atoms with Gasteiger partial charge in [0.05, 0.1) is 19.2 Å². The van der Waals surface area contributed by atoms with Gasteiger partial charge in [-0.25, -0.2) is 0 Å². The first-order chi connectivity index (χ1) is 14.1. The van der Waals surface area contributed by atoms with E-state index in [4.69, 9.17) is 4.74 Å². The second kappa shape index (κ2) is 9.89. The number of hydrogen-bond acceptors (Lipinski definition) is 3. The number of carbonyl (C=O) groups is 1. The van der Waals surface area contributed by atoms with Crippen LogP contribution in [0.15, 0.2) is 84.9 Å². The molecule has 3 rings (SSSR count). The smallest absolute Gasteiger partial charge is 0.237 e. The third-order valence-electron chi connectivity index (χ3n) is 5.05. The summed E-state index contributed by atoms with van der Waals surface area (Å²) in [5.41, 5.74) is 3.13. The summed E-state index contributed by atoms with van der Waals surface area (Å²) in [6.07, 6.45) is 0. The van der Waals surface area contributed by atoms with E-state index in [1.54, 1.807) is 7.11 Å². The van der Waals surface area contributed by atoms with E-state index >= 15 is 0 Å². The highest BCUT2D eigenvalue weighted by atomic mass is 16.5. The Balaban J connectivity index is 1.74. The molecule has 0 saturated carbocycles. The first-order valence-electron chi connectivity index (χ1n) is 9.89. The molecule has 29 heavy (non-hydrogen) atoms. The molecule has 3 aromatic carbocycles. The molecule has 0 radical (unpaired) electrons. The van der Waals surface area contributed by atoms with E-state index in [2.05, 4.69) is 10.6 Å². The summed E-state index contributed by atoms with van der Waals surface area (Å²) in [7, 11) is 1.66. The zero-order valence-electron chi connectivity index (χ0n) is 17.1. The maximum absolute atomic E-state index is 13.0. The lowest BCUT2D eigenvalue weighted by molar-refractivity contribution is -0.123. The maximum atomic E-state index is 13.0. The van der Waals surface area contributed by atoms with Gasteiger partial charge in [0.15, 0.2) is 0 Å². The molecule has 0 unspecified atom stereocenters. The summed E-state index contributed by atoms with van der Waals surface area (Å²) >= 11 is 0. The van der Waals surface area contributed by atoms with Gasteiger partial charge in [-0.15, -0.1) is 0 Å². The lowest BCUT2D eigenvalue weighted by atomic mass is 9.98. The first-order valence-corrected chi connectivity index (χ1v) is 9.89. The monoisotopic (exact) mass is 388 g/mol. The number of amides is 1. The van der Waals surface area contributed by atoms with Crippen molar-refractivity contribution < 1.29 is 9.53 Å². The van der Waals surface area contributed by atoms with Gasteiger partial charge in [0.2, 0.25) is 5.91 Å². The van der Waals surface area contributed by atoms with Crippen molar-refractivity contribution in [2.45, 2.75) is 32.0 Å². The lowest BCUT2D eigenvalue weighted by Gasteiger charge is -2.25. The molecule has 0 heterocycles. The summed E-state index contributed by atoms with van der Waals surface area (Å²) in [6, 6.07) is 27.3. The van der Waals surface area contributed by atoms with Crippen molar-refractivity contribution in [1.29, 1.82) is 0 Å². The Bertz CT molecular complexity index is 873. The molecule has 3 aromatic rings. The van der Waals surface area contributed by atoms with Gasteiger partial charge in [-0.05, 0) is 31.0 Å². The molecule has 4 nitrogen and oxygen atoms in total. The Labute approximate surface area is 172 Å². The number of hydrogen-bond donors (Lipinski definition) is 2. The second-order valence-electron chi connectivity index (χ2n) is 7.11. The molecule has 0 aliphatic carbocycles. The highest BCUT2D eigenvalue weighted by Gasteiger charge is 2.22. The van der Waals surface area contributed by atoms with Crippen LogP contribution in [0.3, 0.4) is 0 Å². The number of carbonyl (C=O) groups excluding carboxylic acids is 1. The zero-order valence-corrected chi connectivity index (χ0v) is 17.1. The fraction of sp³-hybridized carbons (Fsp3) is 0.240. The molecular weight excluding hydrogens is 360 g/mol. The van der Waals surface area contributed by atoms with Crippen molar-refractivity contribution in [1.82, 2.24) is 10.6 Å². The van der Waals surface area contributed by atoms with Crippen LogP contribution in [0.1, 0.15) is 42.6 Å². The molecule has 2 N–H and O–H groups in total. The molecule has 150 valence electrons. The van der Waals surface area contributed by atoms with Gasteiger partial charge < -0.3 is 10.1 Å². The average Bonchev–Trinajstić information content (AvgIpc) is 2.78. The van der Waals surface area contributed by atoms with Crippen LogP contribution in [0.4, 0.5) is 0 Å². The van der Waals surface area contributed by atoms with Crippen LogP contribution in [-0.2, 0) is 4.79 Å². The van der Waals surface area contributed by atoms with Crippen molar-refractivity contribution in [2.24, 2.45) is 0 Å². The molecule has 0 aliphatic heterocycles. The van der Waals surface area contributed by atoms with Gasteiger partial charge in [-0.3, -0.25) is 10.1 Å². The van der Waals surface area contributed by atoms with E-state index in [1.165, 1.54) is 0 Å². The summed E-state index contributed by atoms with van der Waals surface area (Å²) < 4.78 is 5.45. The van der Waals surface area contributed by atoms with Crippen molar-refractivity contribution in [3.8, 4) is 5.75 Å². The van der Waals surface area contributed by atoms with Crippen molar-refractivity contribution >= 4 is 5.91 Å². The van der Waals surface area contributed by atoms with Crippen LogP contribution in [0.25, 0.3) is 0 Å². The molecule has 0 fully saturated rings. The van der Waals surface area contributed by atoms with E-state index in [0.717, 1.165) is 22.4 Å². The number of nitrogens with one attached hydrogen (secondary N) is 2. The topological polar surface area (TPSA) is 50.4 Å². The van der Waals surface area contributed by atoms with Gasteiger partial charge in [-0.2, -0.15) is 0 Å². The molecule has 1 amide bonds. The molecule has 0 saturated heterocycles. The normalized spacial score (nSPS) is 13.0. The molecule has 0 aromatic heterocycles. The highest BCUT2D eigenvalue weighted by Crippen LogP contribution is 2.25. The standard InChI is InChI=1S/C25H28N2O2/c1-18(22-16-10-11-17-23(22)29-3)26-19(2)25(28)27-24(20-12-6-4-7-13-20)21-14-8-5-9-15-21/h4-19,24,26H,1-3H3,(H,27,28)/t18-,19-/m1/s1. The van der Waals surface area contributed by atoms with Crippen LogP contribution in [0.2, 0.25) is 0 Å². The fourth-order valence-electron chi connectivity index (χ4n) is 3.48. The van der Waals surface area contributed by atoms with Gasteiger partial charge >= 0.3 is 0 Å². The number of para-hydroxylation sites is 1. The fourth-order valence-corrected chi connectivity index (χ4v) is 3.48. The predicted octanol–water partition coefficient (Wildman–Crippen LogP) is 4.64. The summed E-state index contributed by atoms with van der Waals surface area (Å²) in [4.78, 5) is 13.0. The van der Waals surface area contributed by atoms with E-state index in [1.807, 2.05) is 98.8 Å². The molecule has 0 spiro atoms. The van der Waals surface area contributed by atoms with Crippen molar-refractivity contribution in [2.75, 3.05) is 7.11 Å². The van der Waals surface area contributed by atoms with E-state index in [0.29, 0.717) is 0 Å². The third-order valence-corrected chi connectivity index (χ3v) is 5.05. The van der Waals surface area contributed by atoms with Crippen molar-refractivity contribution in [3.63, 3.8) is 0 Å². The Kier molecular flexibility index (Phi) is 7.04. The minimum absolute atomic E-state index is 0.0289. The second-order valence-corrected chi connectivity index (χ2v) is 7.11. The highest BCUT2D eigenvalue weighted by molar-refractivity contribution is 5.82. The molecule has 2 atom stereocenters. The summed E-state index contributed by atoms with van der Waals surface area (Å²) in [5.74, 6) is 0.760. The van der Waals surface area contributed by atoms with Gasteiger partial charge in [0, 0.05) is 11.6 Å². The predicted molar refractivity (Wildman–Crippen MR) is 117 cm³/mol. The van der Waals surface area contributed by atoms with Crippen LogP contribution in [0.5, 0.6) is 5.75 Å². The average molecular weight is 389 g/mol. The Hall–Kier alpha value is -3.11. The minimum atomic E-state index is -0.371. The van der Waals surface area contributed by atoms with E-state index in [9.17, 15) is 4.79 Å². The number of methoxy groups -OCH3 is 1. The zero-order chi connectivity index (χ0) is 20.6. The van der Waals surface area contributed by atoms with Gasteiger partial charge in [0.1, 0.15) is 5.75 Å². The van der Waals surface area contributed by atoms with Crippen LogP contribution >= 0.6 is 0 Å². The minimum Gasteiger partial charge on any atom is -0.496 e. The van der Waals surface area contributed by atoms with Gasteiger partial charge in [-0.1, -0.05) is 78.9 Å². The third kappa shape index (κ3) is 5.24. The van der Waals surface area contributed by atoms with Crippen LogP contribution in [0, 0.1) is 0 Å². The Morgan fingerprint density at radius 1 is 0.793 bits per heavy atom. The number of rotatable bonds is 8. The Morgan fingerprint density at radius 3 is 1.86 bits per heavy atom. The molecule has 0 bridgehead atoms. The van der Waals surface area contributed by atoms with Crippen LogP contribution < -0.4 is 15.4 Å². The number of ether oxygens (including phenoxy) is 1. The summed E-state index contributed by atoms with van der Waals surface area (Å²) in [6.45, 7) is 3.92. The largest absolute Gasteiger partial charge is 0.496 e. The molecular formula is C25H28N2O2. The molecule has 4 heteroatoms. The molecule has 0 aliphatic rings. The number of benzene rings is 3. The van der Waals surface area contributed by atoms with E-state index in [-0.39, 0.29) is 24.0 Å².